The average Bonchev–Trinajstić information content (AvgIpc) is 3.06. The molecule has 3 aromatic rings. The highest BCUT2D eigenvalue weighted by Crippen LogP contribution is 2.09. The van der Waals surface area contributed by atoms with Crippen molar-refractivity contribution in [2.75, 3.05) is 0 Å². The number of nitrogens with one attached hydrogen (secondary N) is 1. The fourth-order valence-corrected chi connectivity index (χ4v) is 2.75. The predicted molar refractivity (Wildman–Crippen MR) is 84.7 cm³/mol. The molecule has 0 bridgehead atoms. The molecule has 7 heteroatoms. The van der Waals surface area contributed by atoms with E-state index in [1.54, 1.807) is 42.5 Å². The summed E-state index contributed by atoms with van der Waals surface area (Å²) in [6, 6.07) is 10.1. The lowest BCUT2D eigenvalue weighted by Crippen LogP contribution is -2.37. The van der Waals surface area contributed by atoms with Gasteiger partial charge in [-0.1, -0.05) is 23.4 Å². The van der Waals surface area contributed by atoms with E-state index >= 15 is 0 Å². The number of hydrogen-bond donors (Lipinski definition) is 1. The van der Waals surface area contributed by atoms with E-state index in [0.29, 0.717) is 17.4 Å². The van der Waals surface area contributed by atoms with Crippen LogP contribution in [0, 0.1) is 0 Å². The van der Waals surface area contributed by atoms with E-state index in [-0.39, 0.29) is 11.5 Å². The van der Waals surface area contributed by atoms with Gasteiger partial charge in [-0.2, -0.15) is 4.68 Å². The zero-order valence-electron chi connectivity index (χ0n) is 11.9. The normalized spacial score (nSPS) is 12.2. The first-order valence-corrected chi connectivity index (χ1v) is 7.69. The maximum Gasteiger partial charge on any atom is 0.278 e. The summed E-state index contributed by atoms with van der Waals surface area (Å²) in [7, 11) is 0. The molecule has 0 aliphatic rings. The minimum absolute atomic E-state index is 0.264. The number of benzene rings is 1. The van der Waals surface area contributed by atoms with Crippen LogP contribution in [0.3, 0.4) is 0 Å². The molecule has 3 rings (SSSR count). The van der Waals surface area contributed by atoms with E-state index in [0.717, 1.165) is 9.56 Å². The molecule has 22 heavy (non-hydrogen) atoms. The van der Waals surface area contributed by atoms with Crippen molar-refractivity contribution in [3.8, 4) is 0 Å². The van der Waals surface area contributed by atoms with Crippen LogP contribution in [0.15, 0.2) is 46.6 Å². The summed E-state index contributed by atoms with van der Waals surface area (Å²) in [5.74, 6) is -0.264. The van der Waals surface area contributed by atoms with Gasteiger partial charge in [0.05, 0.1) is 11.9 Å². The van der Waals surface area contributed by atoms with Crippen molar-refractivity contribution in [3.63, 3.8) is 0 Å². The van der Waals surface area contributed by atoms with Crippen LogP contribution in [0.5, 0.6) is 0 Å². The average molecular weight is 314 g/mol. The lowest BCUT2D eigenvalue weighted by Gasteiger charge is -2.13. The Kier molecular flexibility index (Phi) is 3.97. The van der Waals surface area contributed by atoms with Gasteiger partial charge in [0.2, 0.25) is 5.91 Å². The zero-order valence-corrected chi connectivity index (χ0v) is 12.7. The maximum absolute atomic E-state index is 12.4. The van der Waals surface area contributed by atoms with E-state index in [1.807, 2.05) is 17.5 Å². The monoisotopic (exact) mass is 314 g/mol. The number of carbonyl (C=O) groups excluding carboxylic acids is 1. The Morgan fingerprint density at radius 2 is 2.14 bits per heavy atom. The first-order valence-electron chi connectivity index (χ1n) is 6.81. The first-order chi connectivity index (χ1) is 10.7. The van der Waals surface area contributed by atoms with Crippen molar-refractivity contribution >= 4 is 28.1 Å². The first kappa shape index (κ1) is 14.4. The Hall–Kier alpha value is -2.54. The molecule has 2 aromatic heterocycles. The lowest BCUT2D eigenvalue weighted by molar-refractivity contribution is -0.124. The van der Waals surface area contributed by atoms with Gasteiger partial charge in [-0.3, -0.25) is 9.59 Å². The van der Waals surface area contributed by atoms with Crippen LogP contribution in [-0.4, -0.2) is 20.9 Å². The van der Waals surface area contributed by atoms with Gasteiger partial charge in [0, 0.05) is 4.88 Å². The number of fused-ring (bicyclic) bond motifs is 1. The highest BCUT2D eigenvalue weighted by Gasteiger charge is 2.18. The van der Waals surface area contributed by atoms with Crippen molar-refractivity contribution in [2.24, 2.45) is 0 Å². The topological polar surface area (TPSA) is 76.9 Å². The number of carbonyl (C=O) groups is 1. The minimum Gasteiger partial charge on any atom is -0.349 e. The largest absolute Gasteiger partial charge is 0.349 e. The minimum atomic E-state index is -0.718. The van der Waals surface area contributed by atoms with E-state index in [9.17, 15) is 9.59 Å². The molecule has 0 saturated heterocycles. The number of thiophene rings is 1. The standard InChI is InChI=1S/C15H14N4O2S/c1-10(14(20)16-9-11-5-4-8-22-11)19-15(21)12-6-2-3-7-13(12)17-18-19/h2-8,10H,9H2,1H3,(H,16,20)/t10-/m1/s1. The summed E-state index contributed by atoms with van der Waals surface area (Å²) < 4.78 is 1.12. The van der Waals surface area contributed by atoms with Crippen LogP contribution in [0.2, 0.25) is 0 Å². The molecule has 1 aromatic carbocycles. The van der Waals surface area contributed by atoms with Gasteiger partial charge in [0.1, 0.15) is 11.6 Å². The molecule has 0 fully saturated rings. The van der Waals surface area contributed by atoms with Gasteiger partial charge in [0.15, 0.2) is 0 Å². The number of rotatable bonds is 4. The van der Waals surface area contributed by atoms with Gasteiger partial charge >= 0.3 is 0 Å². The van der Waals surface area contributed by atoms with Gasteiger partial charge in [-0.15, -0.1) is 16.4 Å². The van der Waals surface area contributed by atoms with Crippen LogP contribution in [0.1, 0.15) is 17.8 Å². The SMILES string of the molecule is C[C@H](C(=O)NCc1cccs1)n1nnc2ccccc2c1=O. The number of amides is 1. The summed E-state index contributed by atoms with van der Waals surface area (Å²) in [6.45, 7) is 2.07. The Morgan fingerprint density at radius 1 is 1.32 bits per heavy atom. The maximum atomic E-state index is 12.4. The Labute approximate surface area is 130 Å². The molecule has 1 N–H and O–H groups in total. The fourth-order valence-electron chi connectivity index (χ4n) is 2.10. The molecule has 0 saturated carbocycles. The molecule has 0 spiro atoms. The Morgan fingerprint density at radius 3 is 2.91 bits per heavy atom. The molecule has 1 atom stereocenters. The van der Waals surface area contributed by atoms with E-state index < -0.39 is 6.04 Å². The highest BCUT2D eigenvalue weighted by molar-refractivity contribution is 7.09. The number of nitrogens with zero attached hydrogens (tertiary/aromatic N) is 3. The highest BCUT2D eigenvalue weighted by atomic mass is 32.1. The predicted octanol–water partition coefficient (Wildman–Crippen LogP) is 1.73. The van der Waals surface area contributed by atoms with Gasteiger partial charge in [-0.25, -0.2) is 0 Å². The Balaban J connectivity index is 1.82. The third kappa shape index (κ3) is 2.75. The fraction of sp³-hybridized carbons (Fsp3) is 0.200. The van der Waals surface area contributed by atoms with Crippen LogP contribution >= 0.6 is 11.3 Å². The van der Waals surface area contributed by atoms with Crippen molar-refractivity contribution in [2.45, 2.75) is 19.5 Å². The quantitative estimate of drug-likeness (QED) is 0.795. The molecule has 0 unspecified atom stereocenters. The molecule has 0 aliphatic heterocycles. The second kappa shape index (κ2) is 6.07. The smallest absolute Gasteiger partial charge is 0.278 e. The molecular weight excluding hydrogens is 300 g/mol. The van der Waals surface area contributed by atoms with Crippen LogP contribution in [0.4, 0.5) is 0 Å². The van der Waals surface area contributed by atoms with Gasteiger partial charge < -0.3 is 5.32 Å². The van der Waals surface area contributed by atoms with E-state index in [1.165, 1.54) is 0 Å². The summed E-state index contributed by atoms with van der Waals surface area (Å²) in [6.07, 6.45) is 0. The van der Waals surface area contributed by atoms with Crippen molar-refractivity contribution in [3.05, 3.63) is 57.0 Å². The van der Waals surface area contributed by atoms with Crippen molar-refractivity contribution in [1.29, 1.82) is 0 Å². The molecular formula is C15H14N4O2S. The molecule has 6 nitrogen and oxygen atoms in total. The second-order valence-electron chi connectivity index (χ2n) is 4.83. The molecule has 0 radical (unpaired) electrons. The summed E-state index contributed by atoms with van der Waals surface area (Å²) in [5, 5.41) is 13.1. The van der Waals surface area contributed by atoms with Crippen molar-refractivity contribution in [1.82, 2.24) is 20.3 Å². The third-order valence-electron chi connectivity index (χ3n) is 3.35. The lowest BCUT2D eigenvalue weighted by atomic mass is 10.2. The summed E-state index contributed by atoms with van der Waals surface area (Å²) in [5.41, 5.74) is 0.208. The van der Waals surface area contributed by atoms with E-state index in [4.69, 9.17) is 0 Å². The van der Waals surface area contributed by atoms with Crippen LogP contribution < -0.4 is 10.9 Å². The number of aromatic nitrogens is 3. The van der Waals surface area contributed by atoms with E-state index in [2.05, 4.69) is 15.6 Å². The summed E-state index contributed by atoms with van der Waals surface area (Å²) >= 11 is 1.57. The molecule has 0 aliphatic carbocycles. The van der Waals surface area contributed by atoms with Crippen molar-refractivity contribution < 1.29 is 4.79 Å². The van der Waals surface area contributed by atoms with Crippen LogP contribution in [-0.2, 0) is 11.3 Å². The van der Waals surface area contributed by atoms with Gasteiger partial charge in [0.25, 0.3) is 5.56 Å². The van der Waals surface area contributed by atoms with Crippen LogP contribution in [0.25, 0.3) is 10.9 Å². The zero-order chi connectivity index (χ0) is 15.5. The second-order valence-corrected chi connectivity index (χ2v) is 5.86. The molecule has 1 amide bonds. The summed E-state index contributed by atoms with van der Waals surface area (Å²) in [4.78, 5) is 25.6. The Bertz CT molecular complexity index is 857. The third-order valence-corrected chi connectivity index (χ3v) is 4.23. The number of hydrogen-bond acceptors (Lipinski definition) is 5. The molecule has 112 valence electrons. The molecule has 2 heterocycles. The van der Waals surface area contributed by atoms with Gasteiger partial charge in [-0.05, 0) is 30.5 Å².